The predicted molar refractivity (Wildman–Crippen MR) is 74.9 cm³/mol. The molecule has 0 bridgehead atoms. The Labute approximate surface area is 117 Å². The zero-order chi connectivity index (χ0) is 14.5. The fraction of sp³-hybridized carbons (Fsp3) is 0.467. The van der Waals surface area contributed by atoms with Crippen molar-refractivity contribution in [3.8, 4) is 5.75 Å². The molecule has 20 heavy (non-hydrogen) atoms. The molecule has 106 valence electrons. The Morgan fingerprint density at radius 3 is 2.80 bits per heavy atom. The Morgan fingerprint density at radius 1 is 1.35 bits per heavy atom. The van der Waals surface area contributed by atoms with Gasteiger partial charge in [0.05, 0.1) is 18.4 Å². The second kappa shape index (κ2) is 4.23. The first-order valence-corrected chi connectivity index (χ1v) is 6.76. The van der Waals surface area contributed by atoms with E-state index in [0.29, 0.717) is 23.4 Å². The zero-order valence-electron chi connectivity index (χ0n) is 11.9. The molecule has 1 aromatic carbocycles. The van der Waals surface area contributed by atoms with Crippen molar-refractivity contribution < 1.29 is 14.3 Å². The quantitative estimate of drug-likeness (QED) is 0.852. The molecule has 0 aromatic heterocycles. The van der Waals surface area contributed by atoms with E-state index in [-0.39, 0.29) is 23.4 Å². The number of carbonyl (C=O) groups excluding carboxylic acids is 2. The highest BCUT2D eigenvalue weighted by Gasteiger charge is 2.48. The molecule has 1 N–H and O–H groups in total. The van der Waals surface area contributed by atoms with E-state index in [2.05, 4.69) is 5.32 Å². The van der Waals surface area contributed by atoms with Gasteiger partial charge in [-0.3, -0.25) is 9.59 Å². The van der Waals surface area contributed by atoms with Crippen LogP contribution in [0.15, 0.2) is 18.2 Å². The Kier molecular flexibility index (Phi) is 2.74. The van der Waals surface area contributed by atoms with Gasteiger partial charge in [0.15, 0.2) is 0 Å². The molecule has 3 rings (SSSR count). The number of fused-ring (bicyclic) bond motifs is 2. The van der Waals surface area contributed by atoms with Crippen LogP contribution >= 0.6 is 0 Å². The summed E-state index contributed by atoms with van der Waals surface area (Å²) in [6, 6.07) is 4.78. The summed E-state index contributed by atoms with van der Waals surface area (Å²) in [5.41, 5.74) is 0.755. The number of nitrogens with zero attached hydrogens (tertiary/aromatic N) is 1. The number of anilines is 1. The molecule has 5 heteroatoms. The smallest absolute Gasteiger partial charge is 0.257 e. The number of hydrogen-bond acceptors (Lipinski definition) is 3. The van der Waals surface area contributed by atoms with Crippen LogP contribution in [0.4, 0.5) is 5.69 Å². The van der Waals surface area contributed by atoms with Crippen molar-refractivity contribution in [2.45, 2.75) is 38.3 Å². The first kappa shape index (κ1) is 13.0. The third-order valence-electron chi connectivity index (χ3n) is 4.23. The van der Waals surface area contributed by atoms with Crippen molar-refractivity contribution in [3.63, 3.8) is 0 Å². The van der Waals surface area contributed by atoms with Gasteiger partial charge in [-0.1, -0.05) is 0 Å². The van der Waals surface area contributed by atoms with Crippen molar-refractivity contribution in [2.24, 2.45) is 0 Å². The molecule has 1 saturated heterocycles. The monoisotopic (exact) mass is 274 g/mol. The minimum atomic E-state index is -0.379. The summed E-state index contributed by atoms with van der Waals surface area (Å²) < 4.78 is 5.18. The molecule has 1 unspecified atom stereocenters. The van der Waals surface area contributed by atoms with Crippen molar-refractivity contribution in [3.05, 3.63) is 23.8 Å². The second-order valence-corrected chi connectivity index (χ2v) is 5.94. The van der Waals surface area contributed by atoms with E-state index < -0.39 is 0 Å². The molecule has 2 aliphatic rings. The number of carbonyl (C=O) groups is 2. The van der Waals surface area contributed by atoms with Crippen molar-refractivity contribution in [2.75, 3.05) is 12.4 Å². The summed E-state index contributed by atoms with van der Waals surface area (Å²) in [6.45, 7) is 4.01. The zero-order valence-corrected chi connectivity index (χ0v) is 11.9. The predicted octanol–water partition coefficient (Wildman–Crippen LogP) is 2.03. The Balaban J connectivity index is 2.13. The van der Waals surface area contributed by atoms with Crippen molar-refractivity contribution in [1.29, 1.82) is 0 Å². The lowest BCUT2D eigenvalue weighted by atomic mass is 10.0. The standard InChI is InChI=1S/C15H18N2O3/c1-15(2)7-6-12-13(18)16-11-5-4-9(20-3)8-10(11)14(19)17(12)15/h4-5,8,12H,6-7H2,1-3H3,(H,16,18). The van der Waals surface area contributed by atoms with Gasteiger partial charge in [-0.25, -0.2) is 0 Å². The first-order valence-electron chi connectivity index (χ1n) is 6.76. The molecule has 0 aliphatic carbocycles. The highest BCUT2D eigenvalue weighted by Crippen LogP contribution is 2.39. The number of ether oxygens (including phenoxy) is 1. The van der Waals surface area contributed by atoms with Crippen LogP contribution in [-0.2, 0) is 4.79 Å². The fourth-order valence-corrected chi connectivity index (χ4v) is 3.11. The van der Waals surface area contributed by atoms with E-state index in [4.69, 9.17) is 4.74 Å². The lowest BCUT2D eigenvalue weighted by Crippen LogP contribution is -2.49. The van der Waals surface area contributed by atoms with Gasteiger partial charge in [0.2, 0.25) is 5.91 Å². The molecule has 5 nitrogen and oxygen atoms in total. The third kappa shape index (κ3) is 1.77. The Hall–Kier alpha value is -2.04. The van der Waals surface area contributed by atoms with Gasteiger partial charge in [-0.15, -0.1) is 0 Å². The van der Waals surface area contributed by atoms with E-state index >= 15 is 0 Å². The third-order valence-corrected chi connectivity index (χ3v) is 4.23. The molecule has 1 atom stereocenters. The van der Waals surface area contributed by atoms with Gasteiger partial charge in [-0.2, -0.15) is 0 Å². The van der Waals surface area contributed by atoms with Crippen LogP contribution in [0, 0.1) is 0 Å². The van der Waals surface area contributed by atoms with E-state index in [1.54, 1.807) is 30.2 Å². The highest BCUT2D eigenvalue weighted by molar-refractivity contribution is 6.10. The minimum absolute atomic E-state index is 0.104. The molecule has 2 aliphatic heterocycles. The maximum atomic E-state index is 12.8. The minimum Gasteiger partial charge on any atom is -0.497 e. The van der Waals surface area contributed by atoms with Gasteiger partial charge in [0.25, 0.3) is 5.91 Å². The molecular weight excluding hydrogens is 256 g/mol. The van der Waals surface area contributed by atoms with Crippen molar-refractivity contribution >= 4 is 17.5 Å². The molecule has 1 aromatic rings. The van der Waals surface area contributed by atoms with E-state index in [9.17, 15) is 9.59 Å². The number of amides is 2. The number of methoxy groups -OCH3 is 1. The number of rotatable bonds is 1. The molecule has 0 saturated carbocycles. The Bertz CT molecular complexity index is 595. The maximum Gasteiger partial charge on any atom is 0.257 e. The molecule has 2 amide bonds. The SMILES string of the molecule is COc1ccc2c(c1)C(=O)N1C(CCC1(C)C)C(=O)N2. The van der Waals surface area contributed by atoms with E-state index in [1.165, 1.54) is 0 Å². The summed E-state index contributed by atoms with van der Waals surface area (Å²) in [6.07, 6.45) is 1.53. The first-order chi connectivity index (χ1) is 9.44. The number of hydrogen-bond donors (Lipinski definition) is 1. The van der Waals surface area contributed by atoms with Crippen LogP contribution in [0.25, 0.3) is 0 Å². The molecular formula is C15H18N2O3. The average Bonchev–Trinajstić information content (AvgIpc) is 2.68. The van der Waals surface area contributed by atoms with Crippen LogP contribution in [0.2, 0.25) is 0 Å². The molecule has 2 heterocycles. The van der Waals surface area contributed by atoms with Crippen LogP contribution < -0.4 is 10.1 Å². The van der Waals surface area contributed by atoms with Gasteiger partial charge in [0.1, 0.15) is 11.8 Å². The average molecular weight is 274 g/mol. The van der Waals surface area contributed by atoms with Crippen LogP contribution in [0.3, 0.4) is 0 Å². The van der Waals surface area contributed by atoms with Gasteiger partial charge >= 0.3 is 0 Å². The van der Waals surface area contributed by atoms with Gasteiger partial charge in [-0.05, 0) is 44.9 Å². The van der Waals surface area contributed by atoms with Crippen LogP contribution in [0.5, 0.6) is 5.75 Å². The van der Waals surface area contributed by atoms with Crippen molar-refractivity contribution in [1.82, 2.24) is 4.90 Å². The molecule has 0 radical (unpaired) electrons. The number of nitrogens with one attached hydrogen (secondary N) is 1. The van der Waals surface area contributed by atoms with Crippen LogP contribution in [0.1, 0.15) is 37.0 Å². The summed E-state index contributed by atoms with van der Waals surface area (Å²) in [7, 11) is 1.56. The largest absolute Gasteiger partial charge is 0.497 e. The van der Waals surface area contributed by atoms with Gasteiger partial charge in [0, 0.05) is 5.54 Å². The summed E-state index contributed by atoms with van der Waals surface area (Å²) in [5, 5.41) is 2.86. The van der Waals surface area contributed by atoms with Crippen LogP contribution in [-0.4, -0.2) is 35.4 Å². The Morgan fingerprint density at radius 2 is 2.10 bits per heavy atom. The highest BCUT2D eigenvalue weighted by atomic mass is 16.5. The molecule has 1 fully saturated rings. The maximum absolute atomic E-state index is 12.8. The summed E-state index contributed by atoms with van der Waals surface area (Å²) in [5.74, 6) is 0.402. The summed E-state index contributed by atoms with van der Waals surface area (Å²) in [4.78, 5) is 26.9. The summed E-state index contributed by atoms with van der Waals surface area (Å²) >= 11 is 0. The fourth-order valence-electron chi connectivity index (χ4n) is 3.11. The lowest BCUT2D eigenvalue weighted by molar-refractivity contribution is -0.120. The number of benzene rings is 1. The second-order valence-electron chi connectivity index (χ2n) is 5.94. The van der Waals surface area contributed by atoms with Gasteiger partial charge < -0.3 is 15.0 Å². The van der Waals surface area contributed by atoms with E-state index in [0.717, 1.165) is 6.42 Å². The normalized spacial score (nSPS) is 23.8. The van der Waals surface area contributed by atoms with E-state index in [1.807, 2.05) is 13.8 Å². The topological polar surface area (TPSA) is 58.6 Å². The molecule has 0 spiro atoms. The lowest BCUT2D eigenvalue weighted by Gasteiger charge is -2.33.